The van der Waals surface area contributed by atoms with Crippen LogP contribution in [0.2, 0.25) is 0 Å². The third kappa shape index (κ3) is 16.6. The van der Waals surface area contributed by atoms with Gasteiger partial charge in [0.15, 0.2) is 12.2 Å². The molecule has 238 valence electrons. The smallest absolute Gasteiger partial charge is 0.407 e. The molecule has 2 unspecified atom stereocenters. The van der Waals surface area contributed by atoms with Gasteiger partial charge in [0.25, 0.3) is 0 Å². The van der Waals surface area contributed by atoms with Crippen molar-refractivity contribution in [1.82, 2.24) is 5.32 Å². The summed E-state index contributed by atoms with van der Waals surface area (Å²) < 4.78 is 32.2. The monoisotopic (exact) mass is 611 g/mol. The Labute approximate surface area is 258 Å². The lowest BCUT2D eigenvalue weighted by Gasteiger charge is -2.18. The number of carbonyl (C=O) groups is 4. The van der Waals surface area contributed by atoms with E-state index >= 15 is 0 Å². The van der Waals surface area contributed by atoms with E-state index in [1.165, 1.54) is 0 Å². The molecule has 0 aliphatic rings. The van der Waals surface area contributed by atoms with Crippen LogP contribution in [0, 0.1) is 0 Å². The highest BCUT2D eigenvalue weighted by Crippen LogP contribution is 2.12. The van der Waals surface area contributed by atoms with Crippen LogP contribution in [0.1, 0.15) is 38.5 Å². The Morgan fingerprint density at radius 3 is 1.64 bits per heavy atom. The minimum Gasteiger partial charge on any atom is -0.490 e. The van der Waals surface area contributed by atoms with Crippen molar-refractivity contribution in [1.29, 1.82) is 0 Å². The Hall–Kier alpha value is -4.80. The van der Waals surface area contributed by atoms with E-state index in [0.29, 0.717) is 30.9 Å². The van der Waals surface area contributed by atoms with Crippen molar-refractivity contribution in [2.45, 2.75) is 50.7 Å². The van der Waals surface area contributed by atoms with E-state index in [1.807, 2.05) is 36.4 Å². The molecule has 0 bridgehead atoms. The quantitative estimate of drug-likeness (QED) is 0.0843. The van der Waals surface area contributed by atoms with Gasteiger partial charge in [0, 0.05) is 25.1 Å². The summed E-state index contributed by atoms with van der Waals surface area (Å²) in [4.78, 5) is 47.5. The van der Waals surface area contributed by atoms with Gasteiger partial charge in [-0.1, -0.05) is 68.8 Å². The summed E-state index contributed by atoms with van der Waals surface area (Å²) in [6.45, 7) is 6.83. The summed E-state index contributed by atoms with van der Waals surface area (Å²) in [6.07, 6.45) is 3.89. The lowest BCUT2D eigenvalue weighted by Crippen LogP contribution is -2.35. The Morgan fingerprint density at radius 2 is 1.11 bits per heavy atom. The number of hydrogen-bond acceptors (Lipinski definition) is 10. The van der Waals surface area contributed by atoms with Crippen molar-refractivity contribution in [2.24, 2.45) is 0 Å². The zero-order valence-electron chi connectivity index (χ0n) is 24.9. The Balaban J connectivity index is 1.61. The van der Waals surface area contributed by atoms with Crippen molar-refractivity contribution in [3.63, 3.8) is 0 Å². The highest BCUT2D eigenvalue weighted by molar-refractivity contribution is 5.81. The van der Waals surface area contributed by atoms with Crippen LogP contribution < -0.4 is 14.8 Å². The van der Waals surface area contributed by atoms with E-state index in [1.54, 1.807) is 24.3 Å². The van der Waals surface area contributed by atoms with Gasteiger partial charge in [-0.3, -0.25) is 4.79 Å². The number of nitrogens with one attached hydrogen (secondary N) is 1. The molecule has 44 heavy (non-hydrogen) atoms. The van der Waals surface area contributed by atoms with E-state index in [2.05, 4.69) is 18.5 Å². The molecule has 0 aromatic heterocycles. The summed E-state index contributed by atoms with van der Waals surface area (Å²) in [5.41, 5.74) is 0. The fraction of sp³-hybridized carbons (Fsp3) is 0.394. The molecule has 11 nitrogen and oxygen atoms in total. The maximum Gasteiger partial charge on any atom is 0.407 e. The molecule has 2 aromatic rings. The molecule has 1 amide bonds. The number of unbranched alkanes of at least 4 members (excludes halogenated alkanes) is 4. The number of benzene rings is 2. The fourth-order valence-electron chi connectivity index (χ4n) is 3.67. The number of rotatable bonds is 22. The van der Waals surface area contributed by atoms with Gasteiger partial charge in [0.05, 0.1) is 0 Å². The summed E-state index contributed by atoms with van der Waals surface area (Å²) in [5, 5.41) is 2.69. The first-order chi connectivity index (χ1) is 21.4. The summed E-state index contributed by atoms with van der Waals surface area (Å²) in [6, 6.07) is 18.0. The Kier molecular flexibility index (Phi) is 17.6. The van der Waals surface area contributed by atoms with Crippen LogP contribution >= 0.6 is 0 Å². The van der Waals surface area contributed by atoms with Gasteiger partial charge in [-0.25, -0.2) is 14.4 Å². The normalized spacial score (nSPS) is 11.6. The first-order valence-corrected chi connectivity index (χ1v) is 14.5. The van der Waals surface area contributed by atoms with Crippen LogP contribution in [-0.4, -0.2) is 69.2 Å². The molecule has 0 aliphatic heterocycles. The van der Waals surface area contributed by atoms with Gasteiger partial charge in [-0.2, -0.15) is 0 Å². The Morgan fingerprint density at radius 1 is 0.636 bits per heavy atom. The predicted molar refractivity (Wildman–Crippen MR) is 162 cm³/mol. The second-order valence-corrected chi connectivity index (χ2v) is 9.50. The third-order valence-electron chi connectivity index (χ3n) is 5.91. The summed E-state index contributed by atoms with van der Waals surface area (Å²) in [7, 11) is 0. The zero-order chi connectivity index (χ0) is 31.8. The molecule has 0 aliphatic carbocycles. The number of esters is 3. The second kappa shape index (κ2) is 21.8. The minimum absolute atomic E-state index is 0.00502. The van der Waals surface area contributed by atoms with Crippen LogP contribution in [0.15, 0.2) is 86.0 Å². The molecular weight excluding hydrogens is 570 g/mol. The SMILES string of the molecule is C=CC(=O)OCC(COc1ccccc1)OC(=O)CCCCCCCNC(=O)OC(COC(=O)C=C)COc1ccccc1. The number of hydrogen-bond donors (Lipinski definition) is 1. The molecule has 0 fully saturated rings. The van der Waals surface area contributed by atoms with Gasteiger partial charge >= 0.3 is 24.0 Å². The molecule has 2 rings (SSSR count). The highest BCUT2D eigenvalue weighted by atomic mass is 16.6. The highest BCUT2D eigenvalue weighted by Gasteiger charge is 2.19. The minimum atomic E-state index is -0.808. The van der Waals surface area contributed by atoms with Crippen molar-refractivity contribution < 1.29 is 47.6 Å². The molecule has 0 heterocycles. The van der Waals surface area contributed by atoms with E-state index in [0.717, 1.165) is 31.4 Å². The molecule has 11 heteroatoms. The van der Waals surface area contributed by atoms with Gasteiger partial charge in [-0.05, 0) is 37.1 Å². The number of carbonyl (C=O) groups excluding carboxylic acids is 4. The molecule has 2 aromatic carbocycles. The third-order valence-corrected chi connectivity index (χ3v) is 5.91. The zero-order valence-corrected chi connectivity index (χ0v) is 24.9. The average Bonchev–Trinajstić information content (AvgIpc) is 3.05. The Bertz CT molecular complexity index is 1060. The van der Waals surface area contributed by atoms with Crippen LogP contribution in [0.3, 0.4) is 0 Å². The molecule has 0 saturated carbocycles. The van der Waals surface area contributed by atoms with Gasteiger partial charge in [0.2, 0.25) is 0 Å². The molecule has 0 radical (unpaired) electrons. The van der Waals surface area contributed by atoms with Crippen LogP contribution in [0.25, 0.3) is 0 Å². The summed E-state index contributed by atoms with van der Waals surface area (Å²) in [5.74, 6) is -0.444. The van der Waals surface area contributed by atoms with E-state index < -0.39 is 36.2 Å². The number of ether oxygens (including phenoxy) is 6. The van der Waals surface area contributed by atoms with E-state index in [-0.39, 0.29) is 32.8 Å². The number of para-hydroxylation sites is 2. The van der Waals surface area contributed by atoms with Crippen molar-refractivity contribution in [3.05, 3.63) is 86.0 Å². The average molecular weight is 612 g/mol. The molecule has 1 N–H and O–H groups in total. The number of amides is 1. The largest absolute Gasteiger partial charge is 0.490 e. The topological polar surface area (TPSA) is 136 Å². The lowest BCUT2D eigenvalue weighted by molar-refractivity contribution is -0.158. The first-order valence-electron chi connectivity index (χ1n) is 14.5. The van der Waals surface area contributed by atoms with Gasteiger partial charge in [-0.15, -0.1) is 0 Å². The van der Waals surface area contributed by atoms with Crippen molar-refractivity contribution >= 4 is 24.0 Å². The lowest BCUT2D eigenvalue weighted by atomic mass is 10.1. The van der Waals surface area contributed by atoms with Gasteiger partial charge < -0.3 is 33.7 Å². The van der Waals surface area contributed by atoms with Crippen LogP contribution in [-0.2, 0) is 33.3 Å². The van der Waals surface area contributed by atoms with Crippen LogP contribution in [0.4, 0.5) is 4.79 Å². The van der Waals surface area contributed by atoms with Gasteiger partial charge in [0.1, 0.15) is 37.9 Å². The van der Waals surface area contributed by atoms with E-state index in [9.17, 15) is 19.2 Å². The van der Waals surface area contributed by atoms with Crippen molar-refractivity contribution in [2.75, 3.05) is 33.0 Å². The van der Waals surface area contributed by atoms with Crippen LogP contribution in [0.5, 0.6) is 11.5 Å². The maximum atomic E-state index is 12.4. The fourth-order valence-corrected chi connectivity index (χ4v) is 3.67. The molecule has 0 spiro atoms. The number of alkyl carbamates (subject to hydrolysis) is 1. The van der Waals surface area contributed by atoms with Crippen molar-refractivity contribution in [3.8, 4) is 11.5 Å². The molecular formula is C33H41NO10. The second-order valence-electron chi connectivity index (χ2n) is 9.50. The predicted octanol–water partition coefficient (Wildman–Crippen LogP) is 4.95. The molecule has 2 atom stereocenters. The standard InChI is InChI=1S/C33H41NO10/c1-3-30(35)41-24-28(22-39-26-16-10-8-11-17-26)43-32(37)20-14-6-5-7-15-21-34-33(38)44-29(25-42-31(36)4-2)23-40-27-18-12-9-13-19-27/h3-4,8-13,16-19,28-29H,1-2,5-7,14-15,20-25H2,(H,34,38). The molecule has 0 saturated heterocycles. The first kappa shape index (κ1) is 35.4. The van der Waals surface area contributed by atoms with E-state index in [4.69, 9.17) is 28.4 Å². The maximum absolute atomic E-state index is 12.4. The summed E-state index contributed by atoms with van der Waals surface area (Å²) >= 11 is 0.